The Balaban J connectivity index is 2.03. The number of benzene rings is 1. The number of carbonyl (C=O) groups is 1. The molecule has 0 radical (unpaired) electrons. The van der Waals surface area contributed by atoms with Gasteiger partial charge in [-0.15, -0.1) is 0 Å². The van der Waals surface area contributed by atoms with Gasteiger partial charge in [-0.3, -0.25) is 9.69 Å². The van der Waals surface area contributed by atoms with Crippen LogP contribution in [0.4, 0.5) is 0 Å². The predicted octanol–water partition coefficient (Wildman–Crippen LogP) is 8.13. The van der Waals surface area contributed by atoms with E-state index in [0.717, 1.165) is 19.4 Å². The number of hydrogen-bond donors (Lipinski definition) is 0. The van der Waals surface area contributed by atoms with Crippen LogP contribution in [0.25, 0.3) is 0 Å². The monoisotopic (exact) mass is 501 g/mol. The van der Waals surface area contributed by atoms with Crippen LogP contribution in [0.2, 0.25) is 0 Å². The Labute approximate surface area is 222 Å². The molecule has 36 heavy (non-hydrogen) atoms. The highest BCUT2D eigenvalue weighted by Crippen LogP contribution is 2.32. The molecule has 206 valence electrons. The van der Waals surface area contributed by atoms with E-state index in [-0.39, 0.29) is 36.2 Å². The topological polar surface area (TPSA) is 38.8 Å². The highest BCUT2D eigenvalue weighted by Gasteiger charge is 2.44. The number of nitrogens with zero attached hydrogens (tertiary/aromatic N) is 1. The largest absolute Gasteiger partial charge is 0.465 e. The standard InChI is InChI=1S/C32H55NO3/c1-8-10-11-12-13-14-15-16-17-29-23-33(30(25(5)6)32(34)35-9-2)31(36-29)26(7)22-27-18-20-28(21-19-27)24(3)4/h18-21,24-26,29-31H,8-17,22-23H2,1-7H3. The van der Waals surface area contributed by atoms with Gasteiger partial charge in [-0.05, 0) is 48.6 Å². The maximum absolute atomic E-state index is 13.0. The average Bonchev–Trinajstić information content (AvgIpc) is 3.24. The molecule has 0 amide bonds. The van der Waals surface area contributed by atoms with Crippen molar-refractivity contribution in [2.45, 2.75) is 137 Å². The first kappa shape index (κ1) is 30.8. The second-order valence-electron chi connectivity index (χ2n) is 11.6. The summed E-state index contributed by atoms with van der Waals surface area (Å²) in [6, 6.07) is 8.76. The first-order valence-corrected chi connectivity index (χ1v) is 14.9. The fraction of sp³-hybridized carbons (Fsp3) is 0.781. The molecule has 1 aliphatic heterocycles. The van der Waals surface area contributed by atoms with Crippen molar-refractivity contribution in [2.75, 3.05) is 13.2 Å². The molecule has 4 unspecified atom stereocenters. The van der Waals surface area contributed by atoms with Crippen LogP contribution in [-0.2, 0) is 20.7 Å². The molecule has 4 heteroatoms. The van der Waals surface area contributed by atoms with E-state index in [9.17, 15) is 4.79 Å². The Bertz CT molecular complexity index is 729. The molecule has 0 aliphatic carbocycles. The lowest BCUT2D eigenvalue weighted by Crippen LogP contribution is -2.50. The Hall–Kier alpha value is -1.39. The van der Waals surface area contributed by atoms with Crippen molar-refractivity contribution in [2.24, 2.45) is 11.8 Å². The number of hydrogen-bond acceptors (Lipinski definition) is 4. The normalized spacial score (nSPS) is 20.2. The van der Waals surface area contributed by atoms with Gasteiger partial charge in [0.25, 0.3) is 0 Å². The van der Waals surface area contributed by atoms with E-state index >= 15 is 0 Å². The van der Waals surface area contributed by atoms with Gasteiger partial charge >= 0.3 is 5.97 Å². The molecule has 4 atom stereocenters. The molecule has 1 aromatic rings. The van der Waals surface area contributed by atoms with Crippen LogP contribution in [-0.4, -0.2) is 42.4 Å². The lowest BCUT2D eigenvalue weighted by molar-refractivity contribution is -0.155. The molecule has 0 aromatic heterocycles. The zero-order valence-electron chi connectivity index (χ0n) is 24.4. The van der Waals surface area contributed by atoms with Crippen molar-refractivity contribution >= 4 is 5.97 Å². The summed E-state index contributed by atoms with van der Waals surface area (Å²) in [5, 5.41) is 0. The van der Waals surface area contributed by atoms with E-state index in [1.54, 1.807) is 0 Å². The predicted molar refractivity (Wildman–Crippen MR) is 151 cm³/mol. The van der Waals surface area contributed by atoms with Crippen LogP contribution in [0, 0.1) is 11.8 Å². The van der Waals surface area contributed by atoms with Crippen molar-refractivity contribution in [3.63, 3.8) is 0 Å². The summed E-state index contributed by atoms with van der Waals surface area (Å²) in [7, 11) is 0. The van der Waals surface area contributed by atoms with Gasteiger partial charge in [0, 0.05) is 6.54 Å². The quantitative estimate of drug-likeness (QED) is 0.159. The molecule has 0 spiro atoms. The lowest BCUT2D eigenvalue weighted by Gasteiger charge is -2.35. The Morgan fingerprint density at radius 2 is 1.56 bits per heavy atom. The van der Waals surface area contributed by atoms with Gasteiger partial charge in [0.1, 0.15) is 12.3 Å². The molecule has 0 saturated carbocycles. The molecule has 0 bridgehead atoms. The van der Waals surface area contributed by atoms with Crippen LogP contribution < -0.4 is 0 Å². The first-order valence-electron chi connectivity index (χ1n) is 14.9. The van der Waals surface area contributed by atoms with Crippen LogP contribution in [0.15, 0.2) is 24.3 Å². The van der Waals surface area contributed by atoms with Crippen LogP contribution in [0.5, 0.6) is 0 Å². The average molecular weight is 502 g/mol. The lowest BCUT2D eigenvalue weighted by atomic mass is 9.94. The smallest absolute Gasteiger partial charge is 0.323 e. The van der Waals surface area contributed by atoms with Crippen molar-refractivity contribution in [3.05, 3.63) is 35.4 Å². The minimum absolute atomic E-state index is 0.0642. The summed E-state index contributed by atoms with van der Waals surface area (Å²) >= 11 is 0. The SMILES string of the molecule is CCCCCCCCCCC1CN(C(C(=O)OCC)C(C)C)C(C(C)Cc2ccc(C(C)C)cc2)O1. The van der Waals surface area contributed by atoms with Crippen LogP contribution in [0.3, 0.4) is 0 Å². The summed E-state index contributed by atoms with van der Waals surface area (Å²) in [6.45, 7) is 16.4. The van der Waals surface area contributed by atoms with Gasteiger partial charge in [-0.25, -0.2) is 0 Å². The Kier molecular flexibility index (Phi) is 14.1. The van der Waals surface area contributed by atoms with Crippen molar-refractivity contribution in [1.82, 2.24) is 4.90 Å². The van der Waals surface area contributed by atoms with E-state index in [1.807, 2.05) is 6.92 Å². The number of ether oxygens (including phenoxy) is 2. The zero-order valence-corrected chi connectivity index (χ0v) is 24.4. The highest BCUT2D eigenvalue weighted by molar-refractivity contribution is 5.76. The maximum Gasteiger partial charge on any atom is 0.323 e. The second-order valence-corrected chi connectivity index (χ2v) is 11.6. The molecular weight excluding hydrogens is 446 g/mol. The molecule has 1 heterocycles. The van der Waals surface area contributed by atoms with E-state index in [4.69, 9.17) is 9.47 Å². The summed E-state index contributed by atoms with van der Waals surface area (Å²) in [5.41, 5.74) is 2.71. The molecule has 1 fully saturated rings. The minimum atomic E-state index is -0.260. The van der Waals surface area contributed by atoms with Gasteiger partial charge in [0.2, 0.25) is 0 Å². The van der Waals surface area contributed by atoms with Gasteiger partial charge in [0.15, 0.2) is 0 Å². The molecule has 0 N–H and O–H groups in total. The van der Waals surface area contributed by atoms with Crippen molar-refractivity contribution < 1.29 is 14.3 Å². The number of carbonyl (C=O) groups excluding carboxylic acids is 1. The number of rotatable bonds is 17. The van der Waals surface area contributed by atoms with Gasteiger partial charge in [-0.2, -0.15) is 0 Å². The van der Waals surface area contributed by atoms with E-state index in [2.05, 4.69) is 70.7 Å². The molecule has 1 aliphatic rings. The summed E-state index contributed by atoms with van der Waals surface area (Å²) in [6.07, 6.45) is 12.7. The molecular formula is C32H55NO3. The third-order valence-electron chi connectivity index (χ3n) is 7.66. The van der Waals surface area contributed by atoms with Crippen molar-refractivity contribution in [1.29, 1.82) is 0 Å². The van der Waals surface area contributed by atoms with Crippen LogP contribution >= 0.6 is 0 Å². The number of esters is 1. The fourth-order valence-electron chi connectivity index (χ4n) is 5.58. The van der Waals surface area contributed by atoms with E-state index in [0.29, 0.717) is 12.5 Å². The zero-order chi connectivity index (χ0) is 26.5. The molecule has 1 saturated heterocycles. The van der Waals surface area contributed by atoms with Gasteiger partial charge < -0.3 is 9.47 Å². The van der Waals surface area contributed by atoms with E-state index < -0.39 is 0 Å². The number of unbranched alkanes of at least 4 members (excludes halogenated alkanes) is 7. The first-order chi connectivity index (χ1) is 17.3. The molecule has 4 nitrogen and oxygen atoms in total. The summed E-state index contributed by atoms with van der Waals surface area (Å²) < 4.78 is 12.2. The summed E-state index contributed by atoms with van der Waals surface area (Å²) in [4.78, 5) is 15.3. The highest BCUT2D eigenvalue weighted by atomic mass is 16.5. The Morgan fingerprint density at radius 3 is 2.11 bits per heavy atom. The third-order valence-corrected chi connectivity index (χ3v) is 7.66. The second kappa shape index (κ2) is 16.5. The van der Waals surface area contributed by atoms with Gasteiger partial charge in [-0.1, -0.05) is 117 Å². The van der Waals surface area contributed by atoms with Gasteiger partial charge in [0.05, 0.1) is 12.7 Å². The van der Waals surface area contributed by atoms with Crippen molar-refractivity contribution in [3.8, 4) is 0 Å². The molecule has 2 rings (SSSR count). The minimum Gasteiger partial charge on any atom is -0.465 e. The third kappa shape index (κ3) is 9.82. The van der Waals surface area contributed by atoms with Crippen LogP contribution in [0.1, 0.15) is 123 Å². The summed E-state index contributed by atoms with van der Waals surface area (Å²) in [5.74, 6) is 0.893. The fourth-order valence-corrected chi connectivity index (χ4v) is 5.58. The molecule has 1 aromatic carbocycles. The maximum atomic E-state index is 13.0. The van der Waals surface area contributed by atoms with E-state index in [1.165, 1.54) is 62.5 Å². The Morgan fingerprint density at radius 1 is 0.944 bits per heavy atom.